The Bertz CT molecular complexity index is 531. The average molecular weight is 292 g/mol. The van der Waals surface area contributed by atoms with E-state index in [-0.39, 0.29) is 0 Å². The van der Waals surface area contributed by atoms with E-state index in [1.54, 1.807) is 11.3 Å². The van der Waals surface area contributed by atoms with E-state index < -0.39 is 0 Å². The molecule has 1 atom stereocenters. The van der Waals surface area contributed by atoms with E-state index in [1.165, 1.54) is 5.56 Å². The molecule has 0 N–H and O–H groups in total. The van der Waals surface area contributed by atoms with Gasteiger partial charge in [-0.25, -0.2) is 0 Å². The first kappa shape index (κ1) is 13.7. The molecular formula is C14H20N4OS. The molecule has 108 valence electrons. The minimum atomic E-state index is 0.510. The minimum absolute atomic E-state index is 0.510. The van der Waals surface area contributed by atoms with E-state index in [0.717, 1.165) is 38.5 Å². The summed E-state index contributed by atoms with van der Waals surface area (Å²) >= 11 is 1.77. The number of thiophene rings is 1. The first-order chi connectivity index (χ1) is 9.72. The molecule has 1 aliphatic rings. The van der Waals surface area contributed by atoms with Crippen molar-refractivity contribution in [2.75, 3.05) is 26.2 Å². The highest BCUT2D eigenvalue weighted by atomic mass is 32.1. The van der Waals surface area contributed by atoms with Gasteiger partial charge in [-0.15, -0.1) is 0 Å². The molecular weight excluding hydrogens is 272 g/mol. The summed E-state index contributed by atoms with van der Waals surface area (Å²) in [5, 5.41) is 8.37. The predicted octanol–water partition coefficient (Wildman–Crippen LogP) is 2.32. The van der Waals surface area contributed by atoms with E-state index in [1.807, 2.05) is 6.92 Å². The summed E-state index contributed by atoms with van der Waals surface area (Å²) in [7, 11) is 0. The number of piperazine rings is 1. The Morgan fingerprint density at radius 3 is 2.75 bits per heavy atom. The highest BCUT2D eigenvalue weighted by Gasteiger charge is 2.23. The van der Waals surface area contributed by atoms with Crippen molar-refractivity contribution in [1.82, 2.24) is 19.9 Å². The van der Waals surface area contributed by atoms with Crippen LogP contribution < -0.4 is 0 Å². The second-order valence-electron chi connectivity index (χ2n) is 5.27. The second kappa shape index (κ2) is 6.03. The van der Waals surface area contributed by atoms with Crippen LogP contribution in [-0.2, 0) is 6.54 Å². The van der Waals surface area contributed by atoms with Crippen molar-refractivity contribution in [2.24, 2.45) is 0 Å². The Morgan fingerprint density at radius 1 is 1.35 bits per heavy atom. The molecule has 2 aromatic heterocycles. The Morgan fingerprint density at radius 2 is 2.15 bits per heavy atom. The Balaban J connectivity index is 1.52. The normalized spacial score (nSPS) is 19.3. The fraction of sp³-hybridized carbons (Fsp3) is 0.571. The van der Waals surface area contributed by atoms with Crippen molar-refractivity contribution in [2.45, 2.75) is 26.4 Å². The van der Waals surface area contributed by atoms with Gasteiger partial charge < -0.3 is 4.52 Å². The SMILES string of the molecule is Cc1nc(CN2CCN([C@@H](C)c3ccsc3)CC2)no1. The van der Waals surface area contributed by atoms with Crippen molar-refractivity contribution >= 4 is 11.3 Å². The van der Waals surface area contributed by atoms with Gasteiger partial charge in [0.1, 0.15) is 0 Å². The maximum Gasteiger partial charge on any atom is 0.223 e. The van der Waals surface area contributed by atoms with Crippen molar-refractivity contribution in [3.63, 3.8) is 0 Å². The van der Waals surface area contributed by atoms with E-state index >= 15 is 0 Å². The fourth-order valence-electron chi connectivity index (χ4n) is 2.64. The monoisotopic (exact) mass is 292 g/mol. The molecule has 1 fully saturated rings. The summed E-state index contributed by atoms with van der Waals surface area (Å²) in [5.41, 5.74) is 1.43. The number of nitrogens with zero attached hydrogens (tertiary/aromatic N) is 4. The lowest BCUT2D eigenvalue weighted by molar-refractivity contribution is 0.0958. The number of aryl methyl sites for hydroxylation is 1. The van der Waals surface area contributed by atoms with Gasteiger partial charge in [0.2, 0.25) is 5.89 Å². The molecule has 0 aliphatic carbocycles. The van der Waals surface area contributed by atoms with Crippen LogP contribution in [0.2, 0.25) is 0 Å². The van der Waals surface area contributed by atoms with E-state index in [2.05, 4.69) is 43.7 Å². The van der Waals surface area contributed by atoms with Gasteiger partial charge in [0.25, 0.3) is 0 Å². The van der Waals surface area contributed by atoms with Gasteiger partial charge in [-0.05, 0) is 29.3 Å². The van der Waals surface area contributed by atoms with Gasteiger partial charge in [0.05, 0.1) is 6.54 Å². The van der Waals surface area contributed by atoms with Crippen molar-refractivity contribution in [3.8, 4) is 0 Å². The van der Waals surface area contributed by atoms with Gasteiger partial charge in [-0.3, -0.25) is 9.80 Å². The molecule has 3 rings (SSSR count). The van der Waals surface area contributed by atoms with Crippen molar-refractivity contribution < 1.29 is 4.52 Å². The average Bonchev–Trinajstić information content (AvgIpc) is 3.11. The molecule has 0 spiro atoms. The third-order valence-corrected chi connectivity index (χ3v) is 4.62. The highest BCUT2D eigenvalue weighted by molar-refractivity contribution is 7.07. The molecule has 0 radical (unpaired) electrons. The molecule has 3 heterocycles. The largest absolute Gasteiger partial charge is 0.340 e. The minimum Gasteiger partial charge on any atom is -0.340 e. The summed E-state index contributed by atoms with van der Waals surface area (Å²) in [5.74, 6) is 1.44. The predicted molar refractivity (Wildman–Crippen MR) is 78.6 cm³/mol. The molecule has 6 heteroatoms. The summed E-state index contributed by atoms with van der Waals surface area (Å²) in [6, 6.07) is 2.74. The van der Waals surface area contributed by atoms with Crippen molar-refractivity contribution in [1.29, 1.82) is 0 Å². The third kappa shape index (κ3) is 3.08. The van der Waals surface area contributed by atoms with Crippen LogP contribution in [0.5, 0.6) is 0 Å². The maximum atomic E-state index is 5.02. The molecule has 1 saturated heterocycles. The standard InChI is InChI=1S/C14H20N4OS/c1-11(13-3-8-20-10-13)18-6-4-17(5-7-18)9-14-15-12(2)19-16-14/h3,8,10-11H,4-7,9H2,1-2H3/t11-/m0/s1. The smallest absolute Gasteiger partial charge is 0.223 e. The molecule has 0 unspecified atom stereocenters. The first-order valence-electron chi connectivity index (χ1n) is 7.00. The Hall–Kier alpha value is -1.24. The van der Waals surface area contributed by atoms with Crippen LogP contribution in [0.25, 0.3) is 0 Å². The summed E-state index contributed by atoms with van der Waals surface area (Å²) < 4.78 is 5.02. The molecule has 5 nitrogen and oxygen atoms in total. The van der Waals surface area contributed by atoms with Gasteiger partial charge >= 0.3 is 0 Å². The second-order valence-corrected chi connectivity index (χ2v) is 6.05. The van der Waals surface area contributed by atoms with Crippen LogP contribution in [0.1, 0.15) is 30.2 Å². The lowest BCUT2D eigenvalue weighted by Crippen LogP contribution is -2.46. The zero-order valence-corrected chi connectivity index (χ0v) is 12.8. The molecule has 0 bridgehead atoms. The summed E-state index contributed by atoms with van der Waals surface area (Å²) in [4.78, 5) is 9.20. The Kier molecular flexibility index (Phi) is 4.14. The van der Waals surface area contributed by atoms with Crippen LogP contribution >= 0.6 is 11.3 Å². The number of rotatable bonds is 4. The number of aromatic nitrogens is 2. The van der Waals surface area contributed by atoms with E-state index in [4.69, 9.17) is 4.52 Å². The van der Waals surface area contributed by atoms with Crippen LogP contribution in [0, 0.1) is 6.92 Å². The molecule has 20 heavy (non-hydrogen) atoms. The van der Waals surface area contributed by atoms with Crippen molar-refractivity contribution in [3.05, 3.63) is 34.1 Å². The summed E-state index contributed by atoms with van der Waals surface area (Å²) in [6.07, 6.45) is 0. The number of hydrogen-bond donors (Lipinski definition) is 0. The van der Waals surface area contributed by atoms with Gasteiger partial charge in [-0.1, -0.05) is 5.16 Å². The molecule has 0 aromatic carbocycles. The zero-order chi connectivity index (χ0) is 13.9. The first-order valence-corrected chi connectivity index (χ1v) is 7.94. The molecule has 2 aromatic rings. The summed E-state index contributed by atoms with van der Waals surface area (Å²) in [6.45, 7) is 9.21. The van der Waals surface area contributed by atoms with Crippen LogP contribution in [-0.4, -0.2) is 46.1 Å². The molecule has 1 aliphatic heterocycles. The quantitative estimate of drug-likeness (QED) is 0.865. The lowest BCUT2D eigenvalue weighted by atomic mass is 10.1. The van der Waals surface area contributed by atoms with Crippen LogP contribution in [0.15, 0.2) is 21.3 Å². The molecule has 0 amide bonds. The molecule has 0 saturated carbocycles. The third-order valence-electron chi connectivity index (χ3n) is 3.91. The Labute approximate surface area is 123 Å². The number of hydrogen-bond acceptors (Lipinski definition) is 6. The van der Waals surface area contributed by atoms with Gasteiger partial charge in [0, 0.05) is 39.1 Å². The fourth-order valence-corrected chi connectivity index (χ4v) is 3.38. The lowest BCUT2D eigenvalue weighted by Gasteiger charge is -2.37. The van der Waals surface area contributed by atoms with Crippen LogP contribution in [0.3, 0.4) is 0 Å². The maximum absolute atomic E-state index is 5.02. The van der Waals surface area contributed by atoms with E-state index in [0.29, 0.717) is 11.9 Å². The highest BCUT2D eigenvalue weighted by Crippen LogP contribution is 2.23. The van der Waals surface area contributed by atoms with Gasteiger partial charge in [0.15, 0.2) is 5.82 Å². The van der Waals surface area contributed by atoms with Crippen LogP contribution in [0.4, 0.5) is 0 Å². The van der Waals surface area contributed by atoms with E-state index in [9.17, 15) is 0 Å². The zero-order valence-electron chi connectivity index (χ0n) is 12.0. The topological polar surface area (TPSA) is 45.4 Å². The van der Waals surface area contributed by atoms with Gasteiger partial charge in [-0.2, -0.15) is 16.3 Å².